The smallest absolute Gasteiger partial charge is 0.295 e. The molecule has 18 heavy (non-hydrogen) atoms. The highest BCUT2D eigenvalue weighted by molar-refractivity contribution is 9.10. The molecular weight excluding hydrogens is 296 g/mol. The van der Waals surface area contributed by atoms with Gasteiger partial charge in [-0.25, -0.2) is 0 Å². The summed E-state index contributed by atoms with van der Waals surface area (Å²) >= 11 is 2.91. The Balaban J connectivity index is 0.000000180. The van der Waals surface area contributed by atoms with Crippen LogP contribution in [0.15, 0.2) is 50.3 Å². The van der Waals surface area contributed by atoms with Gasteiger partial charge in [0, 0.05) is 0 Å². The molecule has 1 aromatic carbocycles. The van der Waals surface area contributed by atoms with E-state index in [1.165, 1.54) is 24.7 Å². The van der Waals surface area contributed by atoms with E-state index in [2.05, 4.69) is 62.6 Å². The number of hydrogen-bond acceptors (Lipinski definition) is 4. The van der Waals surface area contributed by atoms with Gasteiger partial charge in [0.05, 0.1) is 0 Å². The minimum atomic E-state index is -0.418. The van der Waals surface area contributed by atoms with Crippen LogP contribution in [0.2, 0.25) is 0 Å². The molecule has 0 amide bonds. The molecule has 0 saturated heterocycles. The normalized spacial score (nSPS) is 9.44. The van der Waals surface area contributed by atoms with Crippen LogP contribution in [0.25, 0.3) is 0 Å². The van der Waals surface area contributed by atoms with Crippen LogP contribution < -0.4 is 11.3 Å². The Morgan fingerprint density at radius 3 is 2.50 bits per heavy atom. The Morgan fingerprint density at radius 2 is 2.00 bits per heavy atom. The first-order valence-corrected chi connectivity index (χ1v) is 6.37. The van der Waals surface area contributed by atoms with Gasteiger partial charge < -0.3 is 10.2 Å². The molecule has 0 spiro atoms. The van der Waals surface area contributed by atoms with Crippen LogP contribution in [0.3, 0.4) is 0 Å². The molecule has 2 rings (SSSR count). The fraction of sp³-hybridized carbons (Fsp3) is 0.231. The summed E-state index contributed by atoms with van der Waals surface area (Å²) in [6.45, 7) is 2.20. The van der Waals surface area contributed by atoms with Crippen LogP contribution in [0, 0.1) is 0 Å². The maximum atomic E-state index is 10.5. The molecule has 1 heterocycles. The highest BCUT2D eigenvalue weighted by Crippen LogP contribution is 2.01. The first kappa shape index (κ1) is 14.4. The lowest BCUT2D eigenvalue weighted by Gasteiger charge is -1.93. The predicted molar refractivity (Wildman–Crippen MR) is 75.3 cm³/mol. The minimum Gasteiger partial charge on any atom is -0.433 e. The number of nitrogen functional groups attached to an aromatic ring is 1. The number of nitrogens with two attached hydrogens (primary N) is 1. The van der Waals surface area contributed by atoms with Crippen molar-refractivity contribution >= 4 is 21.9 Å². The second-order valence-electron chi connectivity index (χ2n) is 3.57. The van der Waals surface area contributed by atoms with E-state index in [-0.39, 0.29) is 10.5 Å². The van der Waals surface area contributed by atoms with E-state index in [1.807, 2.05) is 0 Å². The van der Waals surface area contributed by atoms with Crippen molar-refractivity contribution in [3.05, 3.63) is 57.0 Å². The highest BCUT2D eigenvalue weighted by atomic mass is 79.9. The van der Waals surface area contributed by atoms with Crippen LogP contribution in [0.1, 0.15) is 18.9 Å². The maximum Gasteiger partial charge on any atom is 0.295 e. The molecule has 0 aliphatic carbocycles. The van der Waals surface area contributed by atoms with Crippen molar-refractivity contribution in [2.24, 2.45) is 0 Å². The van der Waals surface area contributed by atoms with E-state index in [9.17, 15) is 4.79 Å². The quantitative estimate of drug-likeness (QED) is 0.925. The Kier molecular flexibility index (Phi) is 6.14. The predicted octanol–water partition coefficient (Wildman–Crippen LogP) is 3.02. The fourth-order valence-electron chi connectivity index (χ4n) is 1.28. The van der Waals surface area contributed by atoms with Gasteiger partial charge in [-0.05, 0) is 27.9 Å². The SMILES string of the molecule is CCCc1ccccc1.Nc1nc(=O)c(Br)co1. The standard InChI is InChI=1S/C9H12.C4H3BrN2O2/c1-2-6-9-7-4-3-5-8-9;5-2-1-9-4(6)7-3(2)8/h3-5,7-8H,2,6H2,1H3;1H,(H2,6,7,8). The summed E-state index contributed by atoms with van der Waals surface area (Å²) < 4.78 is 4.83. The molecule has 0 fully saturated rings. The Bertz CT molecular complexity index is 526. The molecule has 0 aliphatic heterocycles. The van der Waals surface area contributed by atoms with Crippen LogP contribution in [0.4, 0.5) is 6.01 Å². The van der Waals surface area contributed by atoms with Crippen molar-refractivity contribution in [3.63, 3.8) is 0 Å². The number of halogens is 1. The van der Waals surface area contributed by atoms with Gasteiger partial charge in [0.1, 0.15) is 10.7 Å². The summed E-state index contributed by atoms with van der Waals surface area (Å²) in [5, 5.41) is 0. The number of nitrogens with zero attached hydrogens (tertiary/aromatic N) is 1. The molecule has 5 heteroatoms. The van der Waals surface area contributed by atoms with E-state index in [4.69, 9.17) is 5.73 Å². The van der Waals surface area contributed by atoms with Gasteiger partial charge in [0.2, 0.25) is 0 Å². The molecule has 96 valence electrons. The summed E-state index contributed by atoms with van der Waals surface area (Å²) in [4.78, 5) is 13.8. The van der Waals surface area contributed by atoms with Gasteiger partial charge in [-0.1, -0.05) is 43.7 Å². The van der Waals surface area contributed by atoms with E-state index in [1.54, 1.807) is 0 Å². The van der Waals surface area contributed by atoms with E-state index >= 15 is 0 Å². The summed E-state index contributed by atoms with van der Waals surface area (Å²) in [5.41, 5.74) is 6.06. The molecule has 2 N–H and O–H groups in total. The second kappa shape index (κ2) is 7.66. The van der Waals surface area contributed by atoms with Crippen molar-refractivity contribution in [3.8, 4) is 0 Å². The number of anilines is 1. The molecule has 0 radical (unpaired) electrons. The molecule has 0 saturated carbocycles. The van der Waals surface area contributed by atoms with E-state index < -0.39 is 5.56 Å². The lowest BCUT2D eigenvalue weighted by molar-refractivity contribution is 0.544. The van der Waals surface area contributed by atoms with Gasteiger partial charge >= 0.3 is 0 Å². The zero-order valence-corrected chi connectivity index (χ0v) is 11.7. The molecule has 0 atom stereocenters. The van der Waals surface area contributed by atoms with Gasteiger partial charge in [-0.2, -0.15) is 4.98 Å². The first-order valence-electron chi connectivity index (χ1n) is 5.58. The van der Waals surface area contributed by atoms with Crippen molar-refractivity contribution in [1.82, 2.24) is 4.98 Å². The van der Waals surface area contributed by atoms with Gasteiger partial charge in [-0.3, -0.25) is 4.79 Å². The Hall–Kier alpha value is -1.62. The zero-order valence-electron chi connectivity index (χ0n) is 10.1. The molecule has 0 unspecified atom stereocenters. The zero-order chi connectivity index (χ0) is 13.4. The average molecular weight is 311 g/mol. The van der Waals surface area contributed by atoms with Crippen molar-refractivity contribution in [2.45, 2.75) is 19.8 Å². The molecule has 0 aliphatic rings. The van der Waals surface area contributed by atoms with Gasteiger partial charge in [0.15, 0.2) is 0 Å². The topological polar surface area (TPSA) is 69.1 Å². The largest absolute Gasteiger partial charge is 0.433 e. The average Bonchev–Trinajstić information content (AvgIpc) is 2.37. The lowest BCUT2D eigenvalue weighted by Crippen LogP contribution is -2.07. The summed E-state index contributed by atoms with van der Waals surface area (Å²) in [7, 11) is 0. The van der Waals surface area contributed by atoms with Crippen molar-refractivity contribution < 1.29 is 4.42 Å². The summed E-state index contributed by atoms with van der Waals surface area (Å²) in [6, 6.07) is 10.4. The number of benzene rings is 1. The van der Waals surface area contributed by atoms with Crippen molar-refractivity contribution in [2.75, 3.05) is 5.73 Å². The molecule has 4 nitrogen and oxygen atoms in total. The van der Waals surface area contributed by atoms with Crippen LogP contribution in [-0.2, 0) is 6.42 Å². The number of aryl methyl sites for hydroxylation is 1. The van der Waals surface area contributed by atoms with Gasteiger partial charge in [0.25, 0.3) is 11.6 Å². The van der Waals surface area contributed by atoms with E-state index in [0.29, 0.717) is 0 Å². The summed E-state index contributed by atoms with van der Waals surface area (Å²) in [6.07, 6.45) is 3.65. The number of aromatic nitrogens is 1. The molecule has 2 aromatic rings. The monoisotopic (exact) mass is 310 g/mol. The Labute approximate surface area is 114 Å². The Morgan fingerprint density at radius 1 is 1.33 bits per heavy atom. The third kappa shape index (κ3) is 5.14. The summed E-state index contributed by atoms with van der Waals surface area (Å²) in [5.74, 6) is 0. The fourth-order valence-corrected chi connectivity index (χ4v) is 1.46. The molecule has 1 aromatic heterocycles. The van der Waals surface area contributed by atoms with Crippen LogP contribution in [-0.4, -0.2) is 4.98 Å². The maximum absolute atomic E-state index is 10.5. The lowest BCUT2D eigenvalue weighted by atomic mass is 10.1. The molecule has 0 bridgehead atoms. The molecular formula is C13H15BrN2O2. The second-order valence-corrected chi connectivity index (χ2v) is 4.43. The van der Waals surface area contributed by atoms with Gasteiger partial charge in [-0.15, -0.1) is 0 Å². The minimum absolute atomic E-state index is 0.122. The number of hydrogen-bond donors (Lipinski definition) is 1. The van der Waals surface area contributed by atoms with Crippen molar-refractivity contribution in [1.29, 1.82) is 0 Å². The third-order valence-corrected chi connectivity index (χ3v) is 2.61. The van der Waals surface area contributed by atoms with Crippen LogP contribution in [0.5, 0.6) is 0 Å². The van der Waals surface area contributed by atoms with Crippen LogP contribution >= 0.6 is 15.9 Å². The number of rotatable bonds is 2. The van der Waals surface area contributed by atoms with E-state index in [0.717, 1.165) is 0 Å². The first-order chi connectivity index (χ1) is 8.63. The highest BCUT2D eigenvalue weighted by Gasteiger charge is 1.95. The third-order valence-electron chi connectivity index (χ3n) is 2.08.